The Hall–Kier alpha value is -1.81. The van der Waals surface area contributed by atoms with Gasteiger partial charge in [0.1, 0.15) is 12.5 Å². The molecule has 2 saturated carbocycles. The summed E-state index contributed by atoms with van der Waals surface area (Å²) in [6.07, 6.45) is 13.8. The molecule has 0 bridgehead atoms. The molecule has 3 aliphatic rings. The molecule has 1 aliphatic heterocycles. The summed E-state index contributed by atoms with van der Waals surface area (Å²) in [6.45, 7) is 2.51. The van der Waals surface area contributed by atoms with Crippen LogP contribution in [0.15, 0.2) is 41.2 Å². The summed E-state index contributed by atoms with van der Waals surface area (Å²) in [5.41, 5.74) is 8.15. The number of hydrogen-bond acceptors (Lipinski definition) is 4. The molecule has 134 valence electrons. The Morgan fingerprint density at radius 3 is 2.48 bits per heavy atom. The lowest BCUT2D eigenvalue weighted by molar-refractivity contribution is 0.188. The molecule has 2 fully saturated rings. The van der Waals surface area contributed by atoms with Crippen molar-refractivity contribution < 1.29 is 0 Å². The van der Waals surface area contributed by atoms with E-state index in [9.17, 15) is 0 Å². The van der Waals surface area contributed by atoms with Crippen LogP contribution in [0.5, 0.6) is 0 Å². The van der Waals surface area contributed by atoms with E-state index in [1.54, 1.807) is 0 Å². The van der Waals surface area contributed by atoms with Crippen molar-refractivity contribution in [2.45, 2.75) is 57.5 Å². The normalized spacial score (nSPS) is 21.3. The fourth-order valence-corrected chi connectivity index (χ4v) is 4.09. The first kappa shape index (κ1) is 16.6. The van der Waals surface area contributed by atoms with Crippen LogP contribution in [0, 0.1) is 5.92 Å². The maximum atomic E-state index is 5.76. The molecule has 1 heterocycles. The Balaban J connectivity index is 1.59. The van der Waals surface area contributed by atoms with E-state index in [1.165, 1.54) is 68.6 Å². The topological polar surface area (TPSA) is 44.9 Å². The zero-order valence-electron chi connectivity index (χ0n) is 15.1. The number of aliphatic imine (C=N–C) groups is 1. The largest absolute Gasteiger partial charge is 0.355 e. The fourth-order valence-electron chi connectivity index (χ4n) is 4.09. The molecule has 25 heavy (non-hydrogen) atoms. The highest BCUT2D eigenvalue weighted by Gasteiger charge is 2.32. The van der Waals surface area contributed by atoms with Crippen molar-refractivity contribution in [3.8, 4) is 0 Å². The quantitative estimate of drug-likeness (QED) is 0.856. The van der Waals surface area contributed by atoms with E-state index < -0.39 is 0 Å². The summed E-state index contributed by atoms with van der Waals surface area (Å²) < 4.78 is 0. The lowest BCUT2D eigenvalue weighted by Gasteiger charge is -2.42. The summed E-state index contributed by atoms with van der Waals surface area (Å²) in [4.78, 5) is 9.60. The zero-order valence-corrected chi connectivity index (χ0v) is 15.1. The van der Waals surface area contributed by atoms with E-state index in [-0.39, 0.29) is 0 Å². The van der Waals surface area contributed by atoms with Crippen LogP contribution >= 0.6 is 0 Å². The first-order valence-electron chi connectivity index (χ1n) is 9.88. The highest BCUT2D eigenvalue weighted by atomic mass is 15.4. The van der Waals surface area contributed by atoms with E-state index in [0.717, 1.165) is 5.92 Å². The number of anilines is 1. The van der Waals surface area contributed by atoms with Gasteiger partial charge in [-0.15, -0.1) is 0 Å². The van der Waals surface area contributed by atoms with Crippen LogP contribution in [-0.2, 0) is 6.54 Å². The first-order valence-corrected chi connectivity index (χ1v) is 9.88. The number of allylic oxidation sites excluding steroid dienone is 1. The molecule has 4 nitrogen and oxygen atoms in total. The summed E-state index contributed by atoms with van der Waals surface area (Å²) in [5, 5.41) is 0. The van der Waals surface area contributed by atoms with E-state index >= 15 is 0 Å². The van der Waals surface area contributed by atoms with Gasteiger partial charge in [0.15, 0.2) is 0 Å². The van der Waals surface area contributed by atoms with Crippen LogP contribution in [0.1, 0.15) is 50.5 Å². The average molecular weight is 338 g/mol. The van der Waals surface area contributed by atoms with Crippen molar-refractivity contribution in [3.05, 3.63) is 41.7 Å². The Morgan fingerprint density at radius 2 is 1.80 bits per heavy atom. The van der Waals surface area contributed by atoms with Gasteiger partial charge in [-0.25, -0.2) is 0 Å². The molecule has 0 radical (unpaired) electrons. The molecule has 1 aromatic carbocycles. The third-order valence-electron chi connectivity index (χ3n) is 5.77. The maximum absolute atomic E-state index is 5.76. The van der Waals surface area contributed by atoms with Gasteiger partial charge in [-0.3, -0.25) is 4.99 Å². The Labute approximate surface area is 151 Å². The molecule has 2 aliphatic carbocycles. The minimum absolute atomic E-state index is 0.594. The van der Waals surface area contributed by atoms with Crippen LogP contribution in [-0.4, -0.2) is 30.4 Å². The van der Waals surface area contributed by atoms with E-state index in [4.69, 9.17) is 5.73 Å². The van der Waals surface area contributed by atoms with Crippen LogP contribution in [0.4, 0.5) is 5.69 Å². The molecule has 4 rings (SSSR count). The Morgan fingerprint density at radius 1 is 1.04 bits per heavy atom. The number of benzene rings is 1. The lowest BCUT2D eigenvalue weighted by Crippen LogP contribution is -2.45. The minimum atomic E-state index is 0.594. The van der Waals surface area contributed by atoms with Crippen LogP contribution in [0.2, 0.25) is 0 Å². The second-order valence-electron chi connectivity index (χ2n) is 7.68. The smallest absolute Gasteiger partial charge is 0.116 e. The van der Waals surface area contributed by atoms with E-state index in [2.05, 4.69) is 45.1 Å². The summed E-state index contributed by atoms with van der Waals surface area (Å²) >= 11 is 0. The number of rotatable bonds is 6. The molecular weight excluding hydrogens is 308 g/mol. The van der Waals surface area contributed by atoms with E-state index in [1.807, 2.05) is 6.21 Å². The molecular formula is C21H30N4. The molecule has 0 spiro atoms. The van der Waals surface area contributed by atoms with Gasteiger partial charge < -0.3 is 15.5 Å². The molecule has 0 unspecified atom stereocenters. The van der Waals surface area contributed by atoms with Crippen molar-refractivity contribution in [1.29, 1.82) is 0 Å². The van der Waals surface area contributed by atoms with Crippen molar-refractivity contribution in [1.82, 2.24) is 4.90 Å². The highest BCUT2D eigenvalue weighted by Crippen LogP contribution is 2.36. The van der Waals surface area contributed by atoms with Gasteiger partial charge in [-0.05, 0) is 55.4 Å². The zero-order chi connectivity index (χ0) is 17.1. The third-order valence-corrected chi connectivity index (χ3v) is 5.77. The Kier molecular flexibility index (Phi) is 5.07. The minimum Gasteiger partial charge on any atom is -0.355 e. The SMILES string of the molecule is NCc1ccc(N2CN=CC=C2N(CC2CC2)C2CCCCC2)cc1. The fraction of sp³-hybridized carbons (Fsp3) is 0.571. The van der Waals surface area contributed by atoms with Crippen molar-refractivity contribution in [3.63, 3.8) is 0 Å². The monoisotopic (exact) mass is 338 g/mol. The first-order chi connectivity index (χ1) is 12.3. The Bertz CT molecular complexity index is 624. The van der Waals surface area contributed by atoms with Crippen molar-refractivity contribution in [2.75, 3.05) is 18.1 Å². The van der Waals surface area contributed by atoms with Crippen molar-refractivity contribution >= 4 is 11.9 Å². The van der Waals surface area contributed by atoms with Gasteiger partial charge >= 0.3 is 0 Å². The number of nitrogens with zero attached hydrogens (tertiary/aromatic N) is 3. The molecule has 4 heteroatoms. The molecule has 0 aromatic heterocycles. The van der Waals surface area contributed by atoms with Gasteiger partial charge in [0.2, 0.25) is 0 Å². The van der Waals surface area contributed by atoms with E-state index in [0.29, 0.717) is 19.3 Å². The van der Waals surface area contributed by atoms with Gasteiger partial charge in [-0.2, -0.15) is 0 Å². The standard InChI is InChI=1S/C21H30N4/c22-14-17-8-10-20(11-9-17)25-16-23-13-12-21(25)24(15-18-6-7-18)19-4-2-1-3-5-19/h8-13,18-19H,1-7,14-16,22H2. The second kappa shape index (κ2) is 7.61. The molecule has 0 amide bonds. The number of nitrogens with two attached hydrogens (primary N) is 1. The van der Waals surface area contributed by atoms with Crippen molar-refractivity contribution in [2.24, 2.45) is 16.6 Å². The van der Waals surface area contributed by atoms with Gasteiger partial charge in [0.25, 0.3) is 0 Å². The van der Waals surface area contributed by atoms with Gasteiger partial charge in [0, 0.05) is 31.0 Å². The molecule has 0 saturated heterocycles. The van der Waals surface area contributed by atoms with Gasteiger partial charge in [0.05, 0.1) is 0 Å². The average Bonchev–Trinajstić information content (AvgIpc) is 3.51. The summed E-state index contributed by atoms with van der Waals surface area (Å²) in [5.74, 6) is 2.23. The predicted octanol–water partition coefficient (Wildman–Crippen LogP) is 3.88. The molecule has 1 aromatic rings. The van der Waals surface area contributed by atoms with Crippen LogP contribution < -0.4 is 10.6 Å². The maximum Gasteiger partial charge on any atom is 0.116 e. The lowest BCUT2D eigenvalue weighted by atomic mass is 9.93. The van der Waals surface area contributed by atoms with Crippen LogP contribution in [0.3, 0.4) is 0 Å². The molecule has 2 N–H and O–H groups in total. The highest BCUT2D eigenvalue weighted by molar-refractivity contribution is 5.76. The third kappa shape index (κ3) is 3.90. The predicted molar refractivity (Wildman–Crippen MR) is 105 cm³/mol. The van der Waals surface area contributed by atoms with Gasteiger partial charge in [-0.1, -0.05) is 31.4 Å². The molecule has 0 atom stereocenters. The second-order valence-corrected chi connectivity index (χ2v) is 7.68. The number of hydrogen-bond donors (Lipinski definition) is 1. The summed E-state index contributed by atoms with van der Waals surface area (Å²) in [6, 6.07) is 9.34. The summed E-state index contributed by atoms with van der Waals surface area (Å²) in [7, 11) is 0. The van der Waals surface area contributed by atoms with Crippen LogP contribution in [0.25, 0.3) is 0 Å².